The Morgan fingerprint density at radius 1 is 1.02 bits per heavy atom. The topological polar surface area (TPSA) is 129 Å². The van der Waals surface area contributed by atoms with Crippen LogP contribution in [0.15, 0.2) is 32.4 Å². The highest BCUT2D eigenvalue weighted by Gasteiger charge is 2.30. The van der Waals surface area contributed by atoms with Gasteiger partial charge >= 0.3 is 0 Å². The maximum atomic E-state index is 13.8. The van der Waals surface area contributed by atoms with Crippen molar-refractivity contribution in [2.45, 2.75) is 51.9 Å². The smallest absolute Gasteiger partial charge is 0.281 e. The minimum atomic E-state index is -3.77. The van der Waals surface area contributed by atoms with E-state index in [1.165, 1.54) is 8.87 Å². The summed E-state index contributed by atoms with van der Waals surface area (Å²) in [6, 6.07) is 4.80. The molecule has 4 heterocycles. The number of ether oxygens (including phenoxy) is 1. The highest BCUT2D eigenvalue weighted by molar-refractivity contribution is 7.89. The molecule has 0 saturated carbocycles. The SMILES string of the molecule is CCCOc1ccc(S(=O)(=O)N2CCN(C)CC2)cc1-c1nc2c(CCC)n(-c3c(C)noc3C)nc2c(=O)n1C. The predicted octanol–water partition coefficient (Wildman–Crippen LogP) is 3.07. The van der Waals surface area contributed by atoms with E-state index in [4.69, 9.17) is 14.2 Å². The number of hydrogen-bond acceptors (Lipinski definition) is 9. The molecule has 1 aromatic carbocycles. The van der Waals surface area contributed by atoms with E-state index in [2.05, 4.69) is 15.2 Å². The monoisotopic (exact) mass is 583 g/mol. The lowest BCUT2D eigenvalue weighted by Crippen LogP contribution is -2.47. The summed E-state index contributed by atoms with van der Waals surface area (Å²) in [5, 5.41) is 8.73. The largest absolute Gasteiger partial charge is 0.493 e. The van der Waals surface area contributed by atoms with Gasteiger partial charge in [0, 0.05) is 33.2 Å². The van der Waals surface area contributed by atoms with Gasteiger partial charge in [0.2, 0.25) is 10.0 Å². The molecule has 0 aliphatic carbocycles. The fourth-order valence-corrected chi connectivity index (χ4v) is 6.62. The van der Waals surface area contributed by atoms with Gasteiger partial charge in [0.1, 0.15) is 28.5 Å². The molecule has 0 unspecified atom stereocenters. The van der Waals surface area contributed by atoms with Gasteiger partial charge in [-0.3, -0.25) is 9.36 Å². The Bertz CT molecular complexity index is 1730. The van der Waals surface area contributed by atoms with Gasteiger partial charge < -0.3 is 14.2 Å². The third kappa shape index (κ3) is 5.17. The molecular formula is C28H37N7O5S. The number of rotatable bonds is 9. The normalized spacial score (nSPS) is 15.2. The fourth-order valence-electron chi connectivity index (χ4n) is 5.17. The number of aromatic nitrogens is 5. The number of piperazine rings is 1. The predicted molar refractivity (Wildman–Crippen MR) is 155 cm³/mol. The van der Waals surface area contributed by atoms with Crippen LogP contribution in [0.1, 0.15) is 43.8 Å². The van der Waals surface area contributed by atoms with Crippen molar-refractivity contribution < 1.29 is 17.7 Å². The van der Waals surface area contributed by atoms with E-state index in [9.17, 15) is 13.2 Å². The average molecular weight is 584 g/mol. The van der Waals surface area contributed by atoms with E-state index in [-0.39, 0.29) is 16.0 Å². The highest BCUT2D eigenvalue weighted by atomic mass is 32.2. The Kier molecular flexibility index (Phi) is 8.04. The molecule has 220 valence electrons. The van der Waals surface area contributed by atoms with Crippen LogP contribution in [-0.2, 0) is 23.5 Å². The molecule has 5 rings (SSSR count). The van der Waals surface area contributed by atoms with Crippen LogP contribution in [0.3, 0.4) is 0 Å². The summed E-state index contributed by atoms with van der Waals surface area (Å²) in [4.78, 5) is 21.0. The van der Waals surface area contributed by atoms with E-state index in [1.54, 1.807) is 36.9 Å². The van der Waals surface area contributed by atoms with E-state index in [1.807, 2.05) is 27.8 Å². The van der Waals surface area contributed by atoms with Gasteiger partial charge in [0.15, 0.2) is 11.3 Å². The lowest BCUT2D eigenvalue weighted by molar-refractivity contribution is 0.222. The lowest BCUT2D eigenvalue weighted by Gasteiger charge is -2.31. The van der Waals surface area contributed by atoms with E-state index in [0.717, 1.165) is 18.5 Å². The summed E-state index contributed by atoms with van der Waals surface area (Å²) >= 11 is 0. The molecule has 0 atom stereocenters. The summed E-state index contributed by atoms with van der Waals surface area (Å²) in [6.45, 7) is 10.2. The summed E-state index contributed by atoms with van der Waals surface area (Å²) < 4.78 is 43.3. The van der Waals surface area contributed by atoms with Crippen molar-refractivity contribution in [3.05, 3.63) is 45.7 Å². The zero-order chi connectivity index (χ0) is 29.5. The van der Waals surface area contributed by atoms with Crippen molar-refractivity contribution in [3.63, 3.8) is 0 Å². The molecule has 1 saturated heterocycles. The molecule has 12 nitrogen and oxygen atoms in total. The quantitative estimate of drug-likeness (QED) is 0.292. The highest BCUT2D eigenvalue weighted by Crippen LogP contribution is 2.34. The Hall–Kier alpha value is -3.55. The Morgan fingerprint density at radius 2 is 1.76 bits per heavy atom. The van der Waals surface area contributed by atoms with Gasteiger partial charge in [-0.05, 0) is 51.9 Å². The molecule has 0 N–H and O–H groups in total. The van der Waals surface area contributed by atoms with Gasteiger partial charge in [-0.15, -0.1) is 0 Å². The van der Waals surface area contributed by atoms with Crippen LogP contribution >= 0.6 is 0 Å². The molecule has 0 radical (unpaired) electrons. The molecule has 1 fully saturated rings. The van der Waals surface area contributed by atoms with Crippen molar-refractivity contribution in [2.75, 3.05) is 39.8 Å². The van der Waals surface area contributed by atoms with E-state index in [0.29, 0.717) is 79.0 Å². The van der Waals surface area contributed by atoms with Crippen molar-refractivity contribution in [2.24, 2.45) is 7.05 Å². The Balaban J connectivity index is 1.72. The molecule has 13 heteroatoms. The maximum Gasteiger partial charge on any atom is 0.281 e. The van der Waals surface area contributed by atoms with Crippen molar-refractivity contribution in [1.29, 1.82) is 0 Å². The first kappa shape index (κ1) is 29.0. The van der Waals surface area contributed by atoms with Crippen molar-refractivity contribution in [3.8, 4) is 22.8 Å². The molecule has 4 aromatic rings. The van der Waals surface area contributed by atoms with Crippen LogP contribution in [-0.4, -0.2) is 81.9 Å². The summed E-state index contributed by atoms with van der Waals surface area (Å²) in [5.74, 6) is 1.35. The molecule has 1 aliphatic rings. The number of likely N-dealkylation sites (N-methyl/N-ethyl adjacent to an activating group) is 1. The van der Waals surface area contributed by atoms with E-state index < -0.39 is 10.0 Å². The molecule has 1 aliphatic heterocycles. The number of benzene rings is 1. The zero-order valence-corrected chi connectivity index (χ0v) is 25.3. The van der Waals surface area contributed by atoms with Crippen LogP contribution in [0.4, 0.5) is 0 Å². The second kappa shape index (κ2) is 11.4. The standard InChI is InChI=1S/C28H37N7O5S/c1-7-9-22-24-25(30-35(22)26-18(3)31-40-19(26)4)28(36)33(6)27(29-24)21-17-20(10-11-23(21)39-16-8-2)41(37,38)34-14-12-32(5)13-15-34/h10-11,17H,7-9,12-16H2,1-6H3. The van der Waals surface area contributed by atoms with Crippen LogP contribution in [0, 0.1) is 13.8 Å². The van der Waals surface area contributed by atoms with Crippen LogP contribution in [0.5, 0.6) is 5.75 Å². The number of fused-ring (bicyclic) bond motifs is 1. The van der Waals surface area contributed by atoms with Gasteiger partial charge in [-0.25, -0.2) is 18.1 Å². The molecule has 41 heavy (non-hydrogen) atoms. The molecule has 0 spiro atoms. The summed E-state index contributed by atoms with van der Waals surface area (Å²) in [5.41, 5.74) is 2.86. The zero-order valence-electron chi connectivity index (χ0n) is 24.5. The molecular weight excluding hydrogens is 546 g/mol. The van der Waals surface area contributed by atoms with Gasteiger partial charge in [0.05, 0.1) is 22.8 Å². The number of nitrogens with zero attached hydrogens (tertiary/aromatic N) is 7. The fraction of sp³-hybridized carbons (Fsp3) is 0.500. The van der Waals surface area contributed by atoms with Crippen molar-refractivity contribution >= 4 is 21.1 Å². The van der Waals surface area contributed by atoms with Crippen LogP contribution in [0.2, 0.25) is 0 Å². The molecule has 0 bridgehead atoms. The summed E-state index contributed by atoms with van der Waals surface area (Å²) in [7, 11) is -0.176. The minimum Gasteiger partial charge on any atom is -0.493 e. The van der Waals surface area contributed by atoms with Crippen LogP contribution < -0.4 is 10.3 Å². The van der Waals surface area contributed by atoms with Gasteiger partial charge in [-0.2, -0.15) is 9.40 Å². The minimum absolute atomic E-state index is 0.135. The Morgan fingerprint density at radius 3 is 2.39 bits per heavy atom. The second-order valence-electron chi connectivity index (χ2n) is 10.5. The summed E-state index contributed by atoms with van der Waals surface area (Å²) in [6.07, 6.45) is 2.16. The maximum absolute atomic E-state index is 13.8. The van der Waals surface area contributed by atoms with Gasteiger partial charge in [0.25, 0.3) is 5.56 Å². The number of aryl methyl sites for hydroxylation is 3. The lowest BCUT2D eigenvalue weighted by atomic mass is 10.1. The van der Waals surface area contributed by atoms with Crippen molar-refractivity contribution in [1.82, 2.24) is 33.7 Å². The average Bonchev–Trinajstić information content (AvgIpc) is 3.48. The van der Waals surface area contributed by atoms with Gasteiger partial charge in [-0.1, -0.05) is 25.4 Å². The third-order valence-corrected chi connectivity index (χ3v) is 9.34. The van der Waals surface area contributed by atoms with E-state index >= 15 is 0 Å². The van der Waals surface area contributed by atoms with Crippen LogP contribution in [0.25, 0.3) is 28.1 Å². The third-order valence-electron chi connectivity index (χ3n) is 7.44. The Labute approximate surface area is 239 Å². The molecule has 3 aromatic heterocycles. The first-order valence-electron chi connectivity index (χ1n) is 14.0. The molecule has 0 amide bonds. The first-order valence-corrected chi connectivity index (χ1v) is 15.4. The number of sulfonamides is 1. The number of hydrogen-bond donors (Lipinski definition) is 0. The first-order chi connectivity index (χ1) is 19.6. The second-order valence-corrected chi connectivity index (χ2v) is 12.4.